The van der Waals surface area contributed by atoms with E-state index in [1.165, 1.54) is 6.20 Å². The molecule has 2 aromatic rings. The van der Waals surface area contributed by atoms with Crippen molar-refractivity contribution in [1.82, 2.24) is 4.98 Å². The number of fused-ring (bicyclic) bond motifs is 1. The average molecular weight is 289 g/mol. The quantitative estimate of drug-likeness (QED) is 0.856. The van der Waals surface area contributed by atoms with Crippen LogP contribution in [0.2, 0.25) is 0 Å². The van der Waals surface area contributed by atoms with Gasteiger partial charge < -0.3 is 14.6 Å². The van der Waals surface area contributed by atoms with Gasteiger partial charge in [-0.3, -0.25) is 4.98 Å². The van der Waals surface area contributed by atoms with E-state index in [1.807, 2.05) is 39.0 Å². The predicted molar refractivity (Wildman–Crippen MR) is 79.9 cm³/mol. The van der Waals surface area contributed by atoms with Crippen molar-refractivity contribution >= 4 is 16.9 Å². The number of aromatic nitrogens is 1. The lowest BCUT2D eigenvalue weighted by Gasteiger charge is -2.20. The van der Waals surface area contributed by atoms with E-state index < -0.39 is 5.97 Å². The molecule has 1 N–H and O–H groups in total. The number of benzene rings is 1. The van der Waals surface area contributed by atoms with Crippen LogP contribution >= 0.6 is 0 Å². The van der Waals surface area contributed by atoms with E-state index in [-0.39, 0.29) is 17.8 Å². The lowest BCUT2D eigenvalue weighted by atomic mass is 10.1. The van der Waals surface area contributed by atoms with Crippen molar-refractivity contribution in [2.45, 2.75) is 26.4 Å². The van der Waals surface area contributed by atoms with Gasteiger partial charge in [0.15, 0.2) is 0 Å². The van der Waals surface area contributed by atoms with Gasteiger partial charge in [-0.2, -0.15) is 0 Å². The molecular weight excluding hydrogens is 270 g/mol. The van der Waals surface area contributed by atoms with E-state index in [1.54, 1.807) is 6.07 Å². The van der Waals surface area contributed by atoms with E-state index in [2.05, 4.69) is 4.98 Å². The molecule has 5 heteroatoms. The lowest BCUT2D eigenvalue weighted by molar-refractivity contribution is -0.0162. The predicted octanol–water partition coefficient (Wildman–Crippen LogP) is 3.13. The molecule has 0 fully saturated rings. The molecule has 0 saturated carbocycles. The van der Waals surface area contributed by atoms with Gasteiger partial charge in [-0.1, -0.05) is 12.1 Å². The Kier molecular flexibility index (Phi) is 4.43. The van der Waals surface area contributed by atoms with E-state index in [4.69, 9.17) is 9.47 Å². The van der Waals surface area contributed by atoms with Crippen LogP contribution in [0.5, 0.6) is 5.75 Å². The molecule has 1 aromatic heterocycles. The Morgan fingerprint density at radius 3 is 2.62 bits per heavy atom. The third kappa shape index (κ3) is 3.92. The number of para-hydroxylation sites is 1. The third-order valence-corrected chi connectivity index (χ3v) is 2.82. The minimum absolute atomic E-state index is 0.0597. The van der Waals surface area contributed by atoms with Crippen LogP contribution in [0.3, 0.4) is 0 Å². The maximum atomic E-state index is 11.3. The normalized spacial score (nSPS) is 11.6. The smallest absolute Gasteiger partial charge is 0.341 e. The number of pyridine rings is 1. The fraction of sp³-hybridized carbons (Fsp3) is 0.375. The molecule has 21 heavy (non-hydrogen) atoms. The molecule has 0 amide bonds. The van der Waals surface area contributed by atoms with Gasteiger partial charge in [0.2, 0.25) is 0 Å². The second kappa shape index (κ2) is 6.10. The third-order valence-electron chi connectivity index (χ3n) is 2.82. The summed E-state index contributed by atoms with van der Waals surface area (Å²) in [7, 11) is 0. The lowest BCUT2D eigenvalue weighted by Crippen LogP contribution is -2.22. The van der Waals surface area contributed by atoms with Crippen LogP contribution in [0.1, 0.15) is 31.1 Å². The molecule has 0 atom stereocenters. The second-order valence-corrected chi connectivity index (χ2v) is 5.63. The summed E-state index contributed by atoms with van der Waals surface area (Å²) in [6.45, 7) is 6.54. The van der Waals surface area contributed by atoms with Crippen molar-refractivity contribution in [2.75, 3.05) is 13.2 Å². The maximum absolute atomic E-state index is 11.3. The summed E-state index contributed by atoms with van der Waals surface area (Å²) in [6, 6.07) is 7.30. The average Bonchev–Trinajstić information content (AvgIpc) is 2.42. The van der Waals surface area contributed by atoms with Crippen molar-refractivity contribution in [3.63, 3.8) is 0 Å². The first kappa shape index (κ1) is 15.3. The fourth-order valence-corrected chi connectivity index (χ4v) is 1.92. The Morgan fingerprint density at radius 2 is 1.95 bits per heavy atom. The van der Waals surface area contributed by atoms with Crippen LogP contribution < -0.4 is 4.74 Å². The number of hydrogen-bond acceptors (Lipinski definition) is 4. The summed E-state index contributed by atoms with van der Waals surface area (Å²) in [4.78, 5) is 15.4. The number of ether oxygens (including phenoxy) is 2. The molecule has 0 aliphatic heterocycles. The van der Waals surface area contributed by atoms with Gasteiger partial charge in [0.25, 0.3) is 0 Å². The molecule has 0 aliphatic carbocycles. The van der Waals surface area contributed by atoms with E-state index in [0.29, 0.717) is 23.3 Å². The van der Waals surface area contributed by atoms with Crippen molar-refractivity contribution < 1.29 is 19.4 Å². The number of aromatic carboxylic acids is 1. The van der Waals surface area contributed by atoms with Crippen molar-refractivity contribution in [3.8, 4) is 5.75 Å². The maximum Gasteiger partial charge on any atom is 0.341 e. The van der Waals surface area contributed by atoms with Gasteiger partial charge in [-0.25, -0.2) is 4.79 Å². The summed E-state index contributed by atoms with van der Waals surface area (Å²) in [5.74, 6) is -0.717. The zero-order valence-corrected chi connectivity index (χ0v) is 12.4. The molecule has 5 nitrogen and oxygen atoms in total. The standard InChI is InChI=1S/C16H19NO4/c1-16(2,3)21-9-8-20-14-11-6-4-5-7-13(11)17-10-12(14)15(18)19/h4-7,10H,8-9H2,1-3H3,(H,18,19). The van der Waals surface area contributed by atoms with Crippen molar-refractivity contribution in [3.05, 3.63) is 36.0 Å². The van der Waals surface area contributed by atoms with Crippen LogP contribution in [-0.2, 0) is 4.74 Å². The molecule has 1 heterocycles. The van der Waals surface area contributed by atoms with Crippen LogP contribution in [0, 0.1) is 0 Å². The largest absolute Gasteiger partial charge is 0.490 e. The summed E-state index contributed by atoms with van der Waals surface area (Å²) < 4.78 is 11.2. The van der Waals surface area contributed by atoms with Crippen LogP contribution in [0.25, 0.3) is 10.9 Å². The molecule has 0 aliphatic rings. The van der Waals surface area contributed by atoms with Crippen molar-refractivity contribution in [1.29, 1.82) is 0 Å². The summed E-state index contributed by atoms with van der Waals surface area (Å²) >= 11 is 0. The molecule has 112 valence electrons. The number of hydrogen-bond donors (Lipinski definition) is 1. The minimum atomic E-state index is -1.06. The number of carbonyl (C=O) groups is 1. The Hall–Kier alpha value is -2.14. The number of rotatable bonds is 5. The molecule has 0 unspecified atom stereocenters. The number of nitrogens with zero attached hydrogens (tertiary/aromatic N) is 1. The summed E-state index contributed by atoms with van der Waals surface area (Å²) in [6.07, 6.45) is 1.32. The van der Waals surface area contributed by atoms with E-state index >= 15 is 0 Å². The monoisotopic (exact) mass is 289 g/mol. The Balaban J connectivity index is 2.23. The highest BCUT2D eigenvalue weighted by Gasteiger charge is 2.16. The zero-order valence-electron chi connectivity index (χ0n) is 12.4. The second-order valence-electron chi connectivity index (χ2n) is 5.63. The highest BCUT2D eigenvalue weighted by atomic mass is 16.5. The molecule has 0 bridgehead atoms. The zero-order chi connectivity index (χ0) is 15.5. The molecule has 1 aromatic carbocycles. The number of carboxylic acid groups (broad SMARTS) is 1. The highest BCUT2D eigenvalue weighted by Crippen LogP contribution is 2.28. The van der Waals surface area contributed by atoms with Gasteiger partial charge in [-0.15, -0.1) is 0 Å². The summed E-state index contributed by atoms with van der Waals surface area (Å²) in [5.41, 5.74) is 0.512. The van der Waals surface area contributed by atoms with Crippen LogP contribution in [-0.4, -0.2) is 34.9 Å². The Morgan fingerprint density at radius 1 is 1.24 bits per heavy atom. The number of carboxylic acids is 1. The van der Waals surface area contributed by atoms with Crippen LogP contribution in [0.4, 0.5) is 0 Å². The fourth-order valence-electron chi connectivity index (χ4n) is 1.92. The van der Waals surface area contributed by atoms with Gasteiger partial charge in [-0.05, 0) is 32.9 Å². The van der Waals surface area contributed by atoms with Crippen molar-refractivity contribution in [2.24, 2.45) is 0 Å². The first-order chi connectivity index (χ1) is 9.88. The molecule has 0 radical (unpaired) electrons. The summed E-state index contributed by atoms with van der Waals surface area (Å²) in [5, 5.41) is 9.95. The molecule has 0 saturated heterocycles. The van der Waals surface area contributed by atoms with E-state index in [9.17, 15) is 9.90 Å². The molecular formula is C16H19NO4. The topological polar surface area (TPSA) is 68.7 Å². The van der Waals surface area contributed by atoms with Gasteiger partial charge in [0, 0.05) is 11.6 Å². The van der Waals surface area contributed by atoms with Gasteiger partial charge >= 0.3 is 5.97 Å². The molecule has 2 rings (SSSR count). The SMILES string of the molecule is CC(C)(C)OCCOc1c(C(=O)O)cnc2ccccc12. The minimum Gasteiger partial charge on any atom is -0.490 e. The van der Waals surface area contributed by atoms with Gasteiger partial charge in [0.05, 0.1) is 17.7 Å². The first-order valence-electron chi connectivity index (χ1n) is 6.76. The highest BCUT2D eigenvalue weighted by molar-refractivity contribution is 5.98. The Labute approximate surface area is 123 Å². The van der Waals surface area contributed by atoms with Crippen LogP contribution in [0.15, 0.2) is 30.5 Å². The van der Waals surface area contributed by atoms with Gasteiger partial charge in [0.1, 0.15) is 17.9 Å². The van der Waals surface area contributed by atoms with E-state index in [0.717, 1.165) is 0 Å². The molecule has 0 spiro atoms. The first-order valence-corrected chi connectivity index (χ1v) is 6.76. The Bertz CT molecular complexity index is 646.